The molecule has 0 aliphatic carbocycles. The van der Waals surface area contributed by atoms with Crippen molar-refractivity contribution in [3.63, 3.8) is 0 Å². The Bertz CT molecular complexity index is 1140. The highest BCUT2D eigenvalue weighted by Gasteiger charge is 2.18. The number of ether oxygens (including phenoxy) is 1. The number of fused-ring (bicyclic) bond motifs is 1. The van der Waals surface area contributed by atoms with E-state index in [4.69, 9.17) is 4.74 Å². The third kappa shape index (κ3) is 4.53. The van der Waals surface area contributed by atoms with Crippen LogP contribution in [0.3, 0.4) is 0 Å². The molecule has 3 rings (SSSR count). The summed E-state index contributed by atoms with van der Waals surface area (Å²) in [5.41, 5.74) is 2.51. The summed E-state index contributed by atoms with van der Waals surface area (Å²) in [6.07, 6.45) is 0. The summed E-state index contributed by atoms with van der Waals surface area (Å²) in [5, 5.41) is 2.13. The van der Waals surface area contributed by atoms with Crippen LogP contribution < -0.4 is 9.46 Å². The number of aryl methyl sites for hydroxylation is 3. The number of sulfonamides is 1. The first-order valence-corrected chi connectivity index (χ1v) is 10.5. The van der Waals surface area contributed by atoms with Crippen LogP contribution in [0, 0.1) is 32.6 Å². The van der Waals surface area contributed by atoms with E-state index >= 15 is 0 Å². The first-order chi connectivity index (χ1) is 13.4. The van der Waals surface area contributed by atoms with Crippen molar-refractivity contribution in [1.29, 1.82) is 0 Å². The fourth-order valence-electron chi connectivity index (χ4n) is 3.34. The summed E-state index contributed by atoms with van der Waals surface area (Å²) in [6.45, 7) is 5.79. The smallest absolute Gasteiger partial charge is 0.241 e. The molecule has 0 saturated carbocycles. The van der Waals surface area contributed by atoms with Gasteiger partial charge < -0.3 is 4.74 Å². The van der Waals surface area contributed by atoms with Gasteiger partial charge in [0.2, 0.25) is 10.0 Å². The highest BCUT2D eigenvalue weighted by molar-refractivity contribution is 7.89. The second-order valence-electron chi connectivity index (χ2n) is 6.67. The summed E-state index contributed by atoms with van der Waals surface area (Å²) in [4.78, 5) is 0.326. The maximum absolute atomic E-state index is 12.6. The van der Waals surface area contributed by atoms with Crippen LogP contribution in [0.2, 0.25) is 0 Å². The van der Waals surface area contributed by atoms with Gasteiger partial charge in [-0.25, -0.2) is 8.42 Å². The Hall–Kier alpha value is -2.81. The first kappa shape index (κ1) is 19.9. The van der Waals surface area contributed by atoms with Crippen LogP contribution in [0.4, 0.5) is 0 Å². The van der Waals surface area contributed by atoms with Gasteiger partial charge in [-0.15, -0.1) is 0 Å². The van der Waals surface area contributed by atoms with Crippen LogP contribution in [-0.4, -0.2) is 21.6 Å². The van der Waals surface area contributed by atoms with E-state index in [1.165, 1.54) is 0 Å². The van der Waals surface area contributed by atoms with E-state index in [1.54, 1.807) is 13.8 Å². The molecule has 0 aromatic heterocycles. The van der Waals surface area contributed by atoms with E-state index in [-0.39, 0.29) is 13.2 Å². The van der Waals surface area contributed by atoms with Crippen molar-refractivity contribution in [2.24, 2.45) is 0 Å². The van der Waals surface area contributed by atoms with Gasteiger partial charge in [-0.3, -0.25) is 0 Å². The minimum Gasteiger partial charge on any atom is -0.480 e. The lowest BCUT2D eigenvalue weighted by molar-refractivity contribution is 0.374. The van der Waals surface area contributed by atoms with E-state index in [0.717, 1.165) is 33.2 Å². The van der Waals surface area contributed by atoms with E-state index in [2.05, 4.69) is 16.6 Å². The molecular formula is C23H23NO3S. The van der Waals surface area contributed by atoms with Crippen molar-refractivity contribution in [2.75, 3.05) is 13.2 Å². The molecule has 0 amide bonds. The van der Waals surface area contributed by atoms with E-state index in [1.807, 2.05) is 61.5 Å². The molecule has 0 radical (unpaired) electrons. The summed E-state index contributed by atoms with van der Waals surface area (Å²) < 4.78 is 33.4. The Balaban J connectivity index is 1.61. The van der Waals surface area contributed by atoms with Gasteiger partial charge in [0.05, 0.1) is 11.4 Å². The molecule has 4 nitrogen and oxygen atoms in total. The van der Waals surface area contributed by atoms with Gasteiger partial charge >= 0.3 is 0 Å². The Morgan fingerprint density at radius 3 is 2.36 bits per heavy atom. The fraction of sp³-hybridized carbons (Fsp3) is 0.217. The van der Waals surface area contributed by atoms with Gasteiger partial charge in [0.25, 0.3) is 0 Å². The average molecular weight is 394 g/mol. The third-order valence-corrected chi connectivity index (χ3v) is 6.10. The molecule has 5 heteroatoms. The summed E-state index contributed by atoms with van der Waals surface area (Å²) in [7, 11) is -3.60. The molecule has 0 fully saturated rings. The van der Waals surface area contributed by atoms with E-state index in [0.29, 0.717) is 4.90 Å². The van der Waals surface area contributed by atoms with Crippen LogP contribution >= 0.6 is 0 Å². The molecule has 28 heavy (non-hydrogen) atoms. The maximum Gasteiger partial charge on any atom is 0.241 e. The number of hydrogen-bond acceptors (Lipinski definition) is 3. The average Bonchev–Trinajstić information content (AvgIpc) is 2.63. The number of rotatable bonds is 5. The normalized spacial score (nSPS) is 11.1. The fourth-order valence-corrected chi connectivity index (χ4v) is 4.71. The molecule has 1 N–H and O–H groups in total. The molecule has 0 saturated heterocycles. The number of hydrogen-bond donors (Lipinski definition) is 1. The predicted octanol–water partition coefficient (Wildman–Crippen LogP) is 4.13. The standard InChI is InChI=1S/C23H23NO3S/c1-17-15-18(2)23(19(3)16-17)28(25,26)24-13-6-7-14-27-22-12-8-10-20-9-4-5-11-21(20)22/h4-5,8-12,15-16,24H,13-14H2,1-3H3. The molecular weight excluding hydrogens is 370 g/mol. The highest BCUT2D eigenvalue weighted by atomic mass is 32.2. The quantitative estimate of drug-likeness (QED) is 0.663. The molecule has 3 aromatic carbocycles. The van der Waals surface area contributed by atoms with Crippen LogP contribution in [-0.2, 0) is 10.0 Å². The second kappa shape index (κ2) is 8.47. The summed E-state index contributed by atoms with van der Waals surface area (Å²) >= 11 is 0. The van der Waals surface area contributed by atoms with Gasteiger partial charge in [0.15, 0.2) is 0 Å². The zero-order valence-corrected chi connectivity index (χ0v) is 17.1. The van der Waals surface area contributed by atoms with Crippen molar-refractivity contribution < 1.29 is 13.2 Å². The molecule has 3 aromatic rings. The van der Waals surface area contributed by atoms with Crippen molar-refractivity contribution >= 4 is 20.8 Å². The molecule has 0 aliphatic rings. The van der Waals surface area contributed by atoms with Crippen molar-refractivity contribution in [2.45, 2.75) is 25.7 Å². The molecule has 0 aliphatic heterocycles. The first-order valence-electron chi connectivity index (χ1n) is 9.02. The van der Waals surface area contributed by atoms with E-state index in [9.17, 15) is 8.42 Å². The lowest BCUT2D eigenvalue weighted by atomic mass is 10.1. The van der Waals surface area contributed by atoms with Gasteiger partial charge in [0.1, 0.15) is 12.4 Å². The number of benzene rings is 3. The lowest BCUT2D eigenvalue weighted by Crippen LogP contribution is -2.25. The topological polar surface area (TPSA) is 55.4 Å². The van der Waals surface area contributed by atoms with Crippen LogP contribution in [0.1, 0.15) is 16.7 Å². The zero-order valence-electron chi connectivity index (χ0n) is 16.2. The Labute approximate surface area is 166 Å². The molecule has 0 unspecified atom stereocenters. The Morgan fingerprint density at radius 2 is 1.61 bits per heavy atom. The molecule has 0 heterocycles. The number of nitrogens with one attached hydrogen (secondary N) is 1. The summed E-state index contributed by atoms with van der Waals surface area (Å²) in [6, 6.07) is 17.6. The van der Waals surface area contributed by atoms with Crippen LogP contribution in [0.5, 0.6) is 5.75 Å². The minimum atomic E-state index is -3.60. The SMILES string of the molecule is Cc1cc(C)c(S(=O)(=O)NCC#CCOc2cccc3ccccc23)c(C)c1. The van der Waals surface area contributed by atoms with Crippen molar-refractivity contribution in [3.05, 3.63) is 71.3 Å². The summed E-state index contributed by atoms with van der Waals surface area (Å²) in [5.74, 6) is 6.44. The lowest BCUT2D eigenvalue weighted by Gasteiger charge is -2.11. The second-order valence-corrected chi connectivity index (χ2v) is 8.38. The molecule has 144 valence electrons. The van der Waals surface area contributed by atoms with Crippen molar-refractivity contribution in [3.8, 4) is 17.6 Å². The van der Waals surface area contributed by atoms with Gasteiger partial charge in [-0.1, -0.05) is 65.9 Å². The third-order valence-electron chi connectivity index (χ3n) is 4.40. The van der Waals surface area contributed by atoms with Crippen LogP contribution in [0.25, 0.3) is 10.8 Å². The molecule has 0 bridgehead atoms. The Morgan fingerprint density at radius 1 is 0.929 bits per heavy atom. The Kier molecular flexibility index (Phi) is 6.03. The molecule has 0 atom stereocenters. The van der Waals surface area contributed by atoms with Crippen LogP contribution in [0.15, 0.2) is 59.5 Å². The monoisotopic (exact) mass is 393 g/mol. The zero-order chi connectivity index (χ0) is 20.1. The largest absolute Gasteiger partial charge is 0.480 e. The van der Waals surface area contributed by atoms with Crippen molar-refractivity contribution in [1.82, 2.24) is 4.72 Å². The highest BCUT2D eigenvalue weighted by Crippen LogP contribution is 2.25. The maximum atomic E-state index is 12.6. The minimum absolute atomic E-state index is 0.0357. The van der Waals surface area contributed by atoms with Gasteiger partial charge in [-0.2, -0.15) is 4.72 Å². The molecule has 0 spiro atoms. The van der Waals surface area contributed by atoms with Gasteiger partial charge in [0, 0.05) is 5.39 Å². The van der Waals surface area contributed by atoms with E-state index < -0.39 is 10.0 Å². The predicted molar refractivity (Wildman–Crippen MR) is 113 cm³/mol. The van der Waals surface area contributed by atoms with Gasteiger partial charge in [-0.05, 0) is 43.4 Å².